The van der Waals surface area contributed by atoms with Crippen LogP contribution in [0.3, 0.4) is 0 Å². The molecule has 18 heavy (non-hydrogen) atoms. The van der Waals surface area contributed by atoms with Crippen LogP contribution in [0.15, 0.2) is 12.1 Å². The molecule has 5 heteroatoms. The molecule has 2 rings (SSSR count). The smallest absolute Gasteiger partial charge is 0.309 e. The van der Waals surface area contributed by atoms with Gasteiger partial charge in [-0.15, -0.1) is 11.3 Å². The van der Waals surface area contributed by atoms with Crippen LogP contribution in [0.5, 0.6) is 0 Å². The Bertz CT molecular complexity index is 480. The molecule has 1 aliphatic rings. The summed E-state index contributed by atoms with van der Waals surface area (Å²) in [7, 11) is 0. The third kappa shape index (κ3) is 2.14. The van der Waals surface area contributed by atoms with Crippen molar-refractivity contribution in [2.45, 2.75) is 39.3 Å². The van der Waals surface area contributed by atoms with Crippen molar-refractivity contribution in [3.05, 3.63) is 21.9 Å². The van der Waals surface area contributed by atoms with Crippen molar-refractivity contribution < 1.29 is 14.7 Å². The maximum absolute atomic E-state index is 12.0. The second kappa shape index (κ2) is 4.72. The summed E-state index contributed by atoms with van der Waals surface area (Å²) in [5.41, 5.74) is 0. The number of carbonyl (C=O) groups excluding carboxylic acids is 1. The van der Waals surface area contributed by atoms with Crippen LogP contribution in [0.2, 0.25) is 0 Å². The Morgan fingerprint density at radius 2 is 2.17 bits per heavy atom. The van der Waals surface area contributed by atoms with Crippen LogP contribution < -0.4 is 0 Å². The topological polar surface area (TPSA) is 57.6 Å². The lowest BCUT2D eigenvalue weighted by atomic mass is 9.99. The lowest BCUT2D eigenvalue weighted by molar-refractivity contribution is -0.142. The molecule has 0 saturated carbocycles. The largest absolute Gasteiger partial charge is 0.481 e. The summed E-state index contributed by atoms with van der Waals surface area (Å²) in [5, 5.41) is 9.29. The van der Waals surface area contributed by atoms with Crippen molar-refractivity contribution in [2.75, 3.05) is 0 Å². The number of carboxylic acids is 1. The number of hydrogen-bond acceptors (Lipinski definition) is 3. The molecule has 1 N–H and O–H groups in total. The molecule has 4 nitrogen and oxygen atoms in total. The summed E-state index contributed by atoms with van der Waals surface area (Å²) in [6, 6.07) is 3.62. The van der Waals surface area contributed by atoms with Crippen LogP contribution >= 0.6 is 11.3 Å². The molecule has 0 radical (unpaired) electrons. The molecule has 0 aliphatic carbocycles. The van der Waals surface area contributed by atoms with Crippen molar-refractivity contribution in [3.8, 4) is 0 Å². The summed E-state index contributed by atoms with van der Waals surface area (Å²) in [4.78, 5) is 27.1. The number of rotatable bonds is 3. The second-order valence-corrected chi connectivity index (χ2v) is 6.26. The van der Waals surface area contributed by atoms with Gasteiger partial charge >= 0.3 is 5.97 Å². The number of hydrogen-bond donors (Lipinski definition) is 1. The number of likely N-dealkylation sites (tertiary alicyclic amines) is 1. The van der Waals surface area contributed by atoms with Gasteiger partial charge in [0.2, 0.25) is 5.91 Å². The number of thiophene rings is 1. The van der Waals surface area contributed by atoms with Crippen LogP contribution in [0, 0.1) is 12.8 Å². The standard InChI is InChI=1S/C13H17NO3S/c1-7(2)14-11(15)6-9(13(16)17)12(14)10-5-4-8(3)18-10/h4-5,7,9,12H,6H2,1-3H3,(H,16,17)/t9-,12-/m1/s1. The van der Waals surface area contributed by atoms with Crippen molar-refractivity contribution in [1.29, 1.82) is 0 Å². The normalized spacial score (nSPS) is 24.0. The highest BCUT2D eigenvalue weighted by atomic mass is 32.1. The first-order chi connectivity index (χ1) is 8.41. The van der Waals surface area contributed by atoms with Gasteiger partial charge in [0, 0.05) is 22.2 Å². The van der Waals surface area contributed by atoms with E-state index in [0.29, 0.717) is 0 Å². The molecule has 0 bridgehead atoms. The predicted octanol–water partition coefficient (Wildman–Crippen LogP) is 2.44. The molecule has 0 aromatic carbocycles. The van der Waals surface area contributed by atoms with E-state index in [4.69, 9.17) is 0 Å². The lowest BCUT2D eigenvalue weighted by Gasteiger charge is -2.29. The summed E-state index contributed by atoms with van der Waals surface area (Å²) < 4.78 is 0. The minimum absolute atomic E-state index is 0.0225. The minimum Gasteiger partial charge on any atom is -0.481 e. The highest BCUT2D eigenvalue weighted by Gasteiger charge is 2.46. The van der Waals surface area contributed by atoms with E-state index in [0.717, 1.165) is 9.75 Å². The third-order valence-corrected chi connectivity index (χ3v) is 4.36. The maximum Gasteiger partial charge on any atom is 0.309 e. The molecular weight excluding hydrogens is 250 g/mol. The number of nitrogens with zero attached hydrogens (tertiary/aromatic N) is 1. The zero-order valence-corrected chi connectivity index (χ0v) is 11.5. The van der Waals surface area contributed by atoms with Gasteiger partial charge in [-0.25, -0.2) is 0 Å². The van der Waals surface area contributed by atoms with Crippen LogP contribution in [0.1, 0.15) is 36.1 Å². The van der Waals surface area contributed by atoms with Crippen LogP contribution in [-0.4, -0.2) is 27.9 Å². The molecule has 2 atom stereocenters. The van der Waals surface area contributed by atoms with Gasteiger partial charge < -0.3 is 10.0 Å². The number of amides is 1. The Morgan fingerprint density at radius 1 is 1.50 bits per heavy atom. The van der Waals surface area contributed by atoms with E-state index in [9.17, 15) is 14.7 Å². The monoisotopic (exact) mass is 267 g/mol. The van der Waals surface area contributed by atoms with Gasteiger partial charge in [-0.1, -0.05) is 0 Å². The minimum atomic E-state index is -0.887. The van der Waals surface area contributed by atoms with Gasteiger partial charge in [0.15, 0.2) is 0 Å². The van der Waals surface area contributed by atoms with E-state index in [-0.39, 0.29) is 24.4 Å². The molecule has 1 amide bonds. The summed E-state index contributed by atoms with van der Waals surface area (Å²) in [5.74, 6) is -1.58. The zero-order chi connectivity index (χ0) is 13.4. The van der Waals surface area contributed by atoms with Gasteiger partial charge in [0.05, 0.1) is 12.0 Å². The summed E-state index contributed by atoms with van der Waals surface area (Å²) in [6.45, 7) is 5.84. The predicted molar refractivity (Wildman–Crippen MR) is 69.5 cm³/mol. The highest BCUT2D eigenvalue weighted by Crippen LogP contribution is 2.42. The number of aryl methyl sites for hydroxylation is 1. The maximum atomic E-state index is 12.0. The van der Waals surface area contributed by atoms with E-state index in [1.165, 1.54) is 0 Å². The van der Waals surface area contributed by atoms with Crippen molar-refractivity contribution in [2.24, 2.45) is 5.92 Å². The van der Waals surface area contributed by atoms with Gasteiger partial charge in [-0.3, -0.25) is 9.59 Å². The first-order valence-corrected chi connectivity index (χ1v) is 6.83. The van der Waals surface area contributed by atoms with Gasteiger partial charge in [0.1, 0.15) is 0 Å². The third-order valence-electron chi connectivity index (χ3n) is 3.29. The van der Waals surface area contributed by atoms with Crippen molar-refractivity contribution in [3.63, 3.8) is 0 Å². The van der Waals surface area contributed by atoms with E-state index < -0.39 is 11.9 Å². The second-order valence-electron chi connectivity index (χ2n) is 4.94. The Morgan fingerprint density at radius 3 is 2.61 bits per heavy atom. The first kappa shape index (κ1) is 13.1. The van der Waals surface area contributed by atoms with Crippen LogP contribution in [0.25, 0.3) is 0 Å². The molecule has 98 valence electrons. The summed E-state index contributed by atoms with van der Waals surface area (Å²) >= 11 is 1.57. The fraction of sp³-hybridized carbons (Fsp3) is 0.538. The SMILES string of the molecule is Cc1ccc([C@H]2[C@H](C(=O)O)CC(=O)N2C(C)C)s1. The average molecular weight is 267 g/mol. The molecule has 0 spiro atoms. The van der Waals surface area contributed by atoms with E-state index in [2.05, 4.69) is 0 Å². The van der Waals surface area contributed by atoms with Gasteiger partial charge in [-0.2, -0.15) is 0 Å². The van der Waals surface area contributed by atoms with Gasteiger partial charge in [0.25, 0.3) is 0 Å². The van der Waals surface area contributed by atoms with E-state index >= 15 is 0 Å². The zero-order valence-electron chi connectivity index (χ0n) is 10.7. The number of aliphatic carboxylic acids is 1. The van der Waals surface area contributed by atoms with Crippen LogP contribution in [0.4, 0.5) is 0 Å². The highest BCUT2D eigenvalue weighted by molar-refractivity contribution is 7.12. The molecule has 2 heterocycles. The molecule has 1 aliphatic heterocycles. The number of carboxylic acid groups (broad SMARTS) is 1. The Balaban J connectivity index is 2.42. The average Bonchev–Trinajstić information content (AvgIpc) is 2.81. The molecule has 1 saturated heterocycles. The number of carbonyl (C=O) groups is 2. The van der Waals surface area contributed by atoms with E-state index in [1.54, 1.807) is 16.2 Å². The molecule has 0 unspecified atom stereocenters. The van der Waals surface area contributed by atoms with Crippen molar-refractivity contribution in [1.82, 2.24) is 4.90 Å². The lowest BCUT2D eigenvalue weighted by Crippen LogP contribution is -2.35. The quantitative estimate of drug-likeness (QED) is 0.915. The fourth-order valence-electron chi connectivity index (χ4n) is 2.53. The fourth-order valence-corrected chi connectivity index (χ4v) is 3.58. The van der Waals surface area contributed by atoms with Gasteiger partial charge in [-0.05, 0) is 32.9 Å². The first-order valence-electron chi connectivity index (χ1n) is 6.02. The molecule has 1 aromatic heterocycles. The molecular formula is C13H17NO3S. The van der Waals surface area contributed by atoms with E-state index in [1.807, 2.05) is 32.9 Å². The Hall–Kier alpha value is -1.36. The molecule has 1 fully saturated rings. The summed E-state index contributed by atoms with van der Waals surface area (Å²) in [6.07, 6.45) is 0.106. The Kier molecular flexibility index (Phi) is 3.43. The van der Waals surface area contributed by atoms with Crippen molar-refractivity contribution >= 4 is 23.2 Å². The Labute approximate surface area is 110 Å². The molecule has 1 aromatic rings. The van der Waals surface area contributed by atoms with Crippen LogP contribution in [-0.2, 0) is 9.59 Å².